The van der Waals surface area contributed by atoms with Gasteiger partial charge in [-0.2, -0.15) is 12.6 Å². The molecule has 1 aromatic rings. The van der Waals surface area contributed by atoms with Crippen LogP contribution >= 0.6 is 12.6 Å². The van der Waals surface area contributed by atoms with E-state index in [1.165, 1.54) is 5.56 Å². The highest BCUT2D eigenvalue weighted by Crippen LogP contribution is 2.10. The molecule has 17 heavy (non-hydrogen) atoms. The molecule has 1 amide bonds. The standard InChI is InChI=1S/C13H20N2OS/c1-2-8-15(12(10-17)13(14)16)9-11-6-4-3-5-7-11/h3-7,12,17H,2,8-10H2,1H3,(H2,14,16)/t12-/m0/s1. The number of benzene rings is 1. The summed E-state index contributed by atoms with van der Waals surface area (Å²) in [4.78, 5) is 13.5. The van der Waals surface area contributed by atoms with Crippen LogP contribution in [0.1, 0.15) is 18.9 Å². The molecule has 94 valence electrons. The lowest BCUT2D eigenvalue weighted by Crippen LogP contribution is -2.46. The van der Waals surface area contributed by atoms with Crippen molar-refractivity contribution < 1.29 is 4.79 Å². The lowest BCUT2D eigenvalue weighted by atomic mass is 10.1. The lowest BCUT2D eigenvalue weighted by molar-refractivity contribution is -0.122. The van der Waals surface area contributed by atoms with Gasteiger partial charge >= 0.3 is 0 Å². The van der Waals surface area contributed by atoms with Crippen molar-refractivity contribution in [3.8, 4) is 0 Å². The van der Waals surface area contributed by atoms with Gasteiger partial charge in [-0.25, -0.2) is 0 Å². The van der Waals surface area contributed by atoms with Crippen LogP contribution in [-0.2, 0) is 11.3 Å². The summed E-state index contributed by atoms with van der Waals surface area (Å²) >= 11 is 4.21. The Bertz CT molecular complexity index is 343. The topological polar surface area (TPSA) is 46.3 Å². The number of amides is 1. The average Bonchev–Trinajstić information content (AvgIpc) is 2.31. The average molecular weight is 252 g/mol. The molecular formula is C13H20N2OS. The molecule has 0 spiro atoms. The van der Waals surface area contributed by atoms with Crippen LogP contribution in [0.2, 0.25) is 0 Å². The second-order valence-corrected chi connectivity index (χ2v) is 4.42. The zero-order valence-electron chi connectivity index (χ0n) is 10.2. The Balaban J connectivity index is 2.75. The van der Waals surface area contributed by atoms with Crippen molar-refractivity contribution in [1.82, 2.24) is 4.90 Å². The van der Waals surface area contributed by atoms with Crippen molar-refractivity contribution in [3.05, 3.63) is 35.9 Å². The number of hydrogen-bond acceptors (Lipinski definition) is 3. The largest absolute Gasteiger partial charge is 0.368 e. The molecule has 0 aliphatic rings. The molecule has 3 nitrogen and oxygen atoms in total. The van der Waals surface area contributed by atoms with Crippen molar-refractivity contribution in [3.63, 3.8) is 0 Å². The summed E-state index contributed by atoms with van der Waals surface area (Å²) in [5.41, 5.74) is 6.59. The van der Waals surface area contributed by atoms with E-state index < -0.39 is 0 Å². The first-order chi connectivity index (χ1) is 8.19. The molecule has 4 heteroatoms. The number of hydrogen-bond donors (Lipinski definition) is 2. The fourth-order valence-electron chi connectivity index (χ4n) is 1.84. The van der Waals surface area contributed by atoms with Crippen molar-refractivity contribution in [1.29, 1.82) is 0 Å². The summed E-state index contributed by atoms with van der Waals surface area (Å²) in [5, 5.41) is 0. The third-order valence-corrected chi connectivity index (χ3v) is 3.03. The van der Waals surface area contributed by atoms with Gasteiger partial charge in [0.1, 0.15) is 0 Å². The van der Waals surface area contributed by atoms with E-state index in [2.05, 4.69) is 36.6 Å². The van der Waals surface area contributed by atoms with Crippen molar-refractivity contribution >= 4 is 18.5 Å². The third-order valence-electron chi connectivity index (χ3n) is 2.68. The number of nitrogens with two attached hydrogens (primary N) is 1. The van der Waals surface area contributed by atoms with E-state index >= 15 is 0 Å². The van der Waals surface area contributed by atoms with Gasteiger partial charge in [0.25, 0.3) is 0 Å². The molecule has 2 N–H and O–H groups in total. The predicted molar refractivity (Wildman–Crippen MR) is 74.0 cm³/mol. The maximum atomic E-state index is 11.4. The summed E-state index contributed by atoms with van der Waals surface area (Å²) in [7, 11) is 0. The quantitative estimate of drug-likeness (QED) is 0.725. The molecule has 1 aromatic carbocycles. The van der Waals surface area contributed by atoms with Crippen LogP contribution in [0.15, 0.2) is 30.3 Å². The van der Waals surface area contributed by atoms with E-state index in [1.54, 1.807) is 0 Å². The number of rotatable bonds is 7. The number of carbonyl (C=O) groups excluding carboxylic acids is 1. The van der Waals surface area contributed by atoms with Crippen LogP contribution in [0.25, 0.3) is 0 Å². The first-order valence-electron chi connectivity index (χ1n) is 5.87. The van der Waals surface area contributed by atoms with Crippen LogP contribution in [0.5, 0.6) is 0 Å². The molecule has 0 saturated carbocycles. The Morgan fingerprint density at radius 2 is 2.06 bits per heavy atom. The first kappa shape index (κ1) is 14.1. The zero-order chi connectivity index (χ0) is 12.7. The minimum Gasteiger partial charge on any atom is -0.368 e. The van der Waals surface area contributed by atoms with Gasteiger partial charge in [0.2, 0.25) is 5.91 Å². The van der Waals surface area contributed by atoms with Gasteiger partial charge < -0.3 is 5.73 Å². The SMILES string of the molecule is CCCN(Cc1ccccc1)[C@@H](CS)C(N)=O. The summed E-state index contributed by atoms with van der Waals surface area (Å²) < 4.78 is 0. The van der Waals surface area contributed by atoms with Gasteiger partial charge in [-0.05, 0) is 18.5 Å². The highest BCUT2D eigenvalue weighted by Gasteiger charge is 2.21. The van der Waals surface area contributed by atoms with Gasteiger partial charge in [-0.3, -0.25) is 9.69 Å². The predicted octanol–water partition coefficient (Wildman–Crippen LogP) is 1.68. The monoisotopic (exact) mass is 252 g/mol. The van der Waals surface area contributed by atoms with Crippen LogP contribution in [0.4, 0.5) is 0 Å². The van der Waals surface area contributed by atoms with Gasteiger partial charge in [0.15, 0.2) is 0 Å². The van der Waals surface area contributed by atoms with Crippen molar-refractivity contribution in [2.24, 2.45) is 5.73 Å². The molecule has 0 radical (unpaired) electrons. The first-order valence-corrected chi connectivity index (χ1v) is 6.50. The lowest BCUT2D eigenvalue weighted by Gasteiger charge is -2.28. The molecule has 0 heterocycles. The molecule has 0 aliphatic heterocycles. The number of carbonyl (C=O) groups is 1. The van der Waals surface area contributed by atoms with Crippen LogP contribution in [0.3, 0.4) is 0 Å². The maximum Gasteiger partial charge on any atom is 0.235 e. The van der Waals surface area contributed by atoms with Crippen LogP contribution in [-0.4, -0.2) is 29.1 Å². The van der Waals surface area contributed by atoms with Gasteiger partial charge in [0, 0.05) is 12.3 Å². The van der Waals surface area contributed by atoms with Gasteiger partial charge in [0.05, 0.1) is 6.04 Å². The summed E-state index contributed by atoms with van der Waals surface area (Å²) in [5.74, 6) is 0.159. The minimum absolute atomic E-state index is 0.293. The second kappa shape index (κ2) is 7.35. The Hall–Kier alpha value is -1.00. The molecule has 0 fully saturated rings. The molecule has 1 rings (SSSR count). The van der Waals surface area contributed by atoms with Crippen molar-refractivity contribution in [2.45, 2.75) is 25.9 Å². The Morgan fingerprint density at radius 3 is 2.53 bits per heavy atom. The van der Waals surface area contributed by atoms with Crippen LogP contribution < -0.4 is 5.73 Å². The molecule has 1 atom stereocenters. The maximum absolute atomic E-state index is 11.4. The fourth-order valence-corrected chi connectivity index (χ4v) is 2.25. The van der Waals surface area contributed by atoms with E-state index in [4.69, 9.17) is 5.73 Å². The Kier molecular flexibility index (Phi) is 6.08. The summed E-state index contributed by atoms with van der Waals surface area (Å²) in [6, 6.07) is 9.80. The number of thiol groups is 1. The van der Waals surface area contributed by atoms with E-state index in [0.717, 1.165) is 19.5 Å². The summed E-state index contributed by atoms with van der Waals surface area (Å²) in [6.07, 6.45) is 0.990. The Morgan fingerprint density at radius 1 is 1.41 bits per heavy atom. The molecular weight excluding hydrogens is 232 g/mol. The minimum atomic E-state index is -0.301. The van der Waals surface area contributed by atoms with Gasteiger partial charge in [-0.15, -0.1) is 0 Å². The molecule has 0 saturated heterocycles. The third kappa shape index (κ3) is 4.40. The highest BCUT2D eigenvalue weighted by molar-refractivity contribution is 7.80. The normalized spacial score (nSPS) is 12.6. The Labute approximate surface area is 108 Å². The van der Waals surface area contributed by atoms with E-state index in [9.17, 15) is 4.79 Å². The highest BCUT2D eigenvalue weighted by atomic mass is 32.1. The molecule has 0 aromatic heterocycles. The van der Waals surface area contributed by atoms with E-state index in [1.807, 2.05) is 18.2 Å². The molecule has 0 bridgehead atoms. The molecule has 0 aliphatic carbocycles. The smallest absolute Gasteiger partial charge is 0.235 e. The number of nitrogens with zero attached hydrogens (tertiary/aromatic N) is 1. The van der Waals surface area contributed by atoms with E-state index in [0.29, 0.717) is 5.75 Å². The zero-order valence-corrected chi connectivity index (χ0v) is 11.1. The van der Waals surface area contributed by atoms with E-state index in [-0.39, 0.29) is 11.9 Å². The van der Waals surface area contributed by atoms with Gasteiger partial charge in [-0.1, -0.05) is 37.3 Å². The second-order valence-electron chi connectivity index (χ2n) is 4.06. The van der Waals surface area contributed by atoms with Crippen molar-refractivity contribution in [2.75, 3.05) is 12.3 Å². The summed E-state index contributed by atoms with van der Waals surface area (Å²) in [6.45, 7) is 3.68. The molecule has 0 unspecified atom stereocenters. The fraction of sp³-hybridized carbons (Fsp3) is 0.462. The van der Waals surface area contributed by atoms with Crippen LogP contribution in [0, 0.1) is 0 Å². The number of primary amides is 1.